The molecule has 2 heterocycles. The van der Waals surface area contributed by atoms with Crippen molar-refractivity contribution in [2.45, 2.75) is 71.1 Å². The van der Waals surface area contributed by atoms with Gasteiger partial charge in [-0.05, 0) is 51.4 Å². The molecule has 2 rings (SSSR count). The first-order valence-corrected chi connectivity index (χ1v) is 12.0. The van der Waals surface area contributed by atoms with Crippen LogP contribution in [-0.4, -0.2) is 70.6 Å². The van der Waals surface area contributed by atoms with Crippen LogP contribution in [0.2, 0.25) is 0 Å². The zero-order chi connectivity index (χ0) is 20.4. The summed E-state index contributed by atoms with van der Waals surface area (Å²) in [5, 5.41) is 16.6. The van der Waals surface area contributed by atoms with E-state index in [1.165, 1.54) is 19.4 Å². The third kappa shape index (κ3) is 6.95. The number of likely N-dealkylation sites (N-methyl/N-ethyl adjacent to an activating group) is 1. The van der Waals surface area contributed by atoms with Crippen LogP contribution in [0, 0.1) is 5.92 Å². The molecule has 0 amide bonds. The molecular weight excluding hydrogens is 370 g/mol. The Balaban J connectivity index is 1.83. The molecular formula is C20H39N7S. The van der Waals surface area contributed by atoms with Gasteiger partial charge in [0.1, 0.15) is 5.82 Å². The molecule has 1 aromatic heterocycles. The molecule has 0 saturated carbocycles. The van der Waals surface area contributed by atoms with E-state index < -0.39 is 0 Å². The van der Waals surface area contributed by atoms with Crippen LogP contribution in [0.3, 0.4) is 0 Å². The van der Waals surface area contributed by atoms with E-state index in [0.29, 0.717) is 12.0 Å². The van der Waals surface area contributed by atoms with Crippen LogP contribution in [0.4, 0.5) is 0 Å². The van der Waals surface area contributed by atoms with Gasteiger partial charge in [0.15, 0.2) is 11.1 Å². The van der Waals surface area contributed by atoms with Gasteiger partial charge >= 0.3 is 0 Å². The van der Waals surface area contributed by atoms with Crippen molar-refractivity contribution in [3.63, 3.8) is 0 Å². The van der Waals surface area contributed by atoms with Crippen molar-refractivity contribution in [1.82, 2.24) is 30.3 Å². The molecule has 1 fully saturated rings. The number of rotatable bonds is 11. The van der Waals surface area contributed by atoms with Gasteiger partial charge in [-0.2, -0.15) is 0 Å². The fourth-order valence-corrected chi connectivity index (χ4v) is 4.24. The van der Waals surface area contributed by atoms with E-state index in [2.05, 4.69) is 64.2 Å². The first-order valence-electron chi connectivity index (χ1n) is 10.8. The predicted octanol–water partition coefficient (Wildman–Crippen LogP) is 2.63. The van der Waals surface area contributed by atoms with E-state index in [9.17, 15) is 0 Å². The van der Waals surface area contributed by atoms with Crippen molar-refractivity contribution >= 4 is 17.7 Å². The summed E-state index contributed by atoms with van der Waals surface area (Å²) in [6.45, 7) is 14.8. The second-order valence-electron chi connectivity index (χ2n) is 7.78. The van der Waals surface area contributed by atoms with E-state index in [0.717, 1.165) is 62.5 Å². The Morgan fingerprint density at radius 1 is 1.29 bits per heavy atom. The van der Waals surface area contributed by atoms with E-state index in [1.54, 1.807) is 11.8 Å². The third-order valence-corrected chi connectivity index (χ3v) is 5.77. The Bertz CT molecular complexity index is 599. The predicted molar refractivity (Wildman–Crippen MR) is 119 cm³/mol. The third-order valence-electron chi connectivity index (χ3n) is 5.10. The maximum atomic E-state index is 4.83. The first-order chi connectivity index (χ1) is 13.6. The van der Waals surface area contributed by atoms with Gasteiger partial charge in [-0.3, -0.25) is 9.89 Å². The first kappa shape index (κ1) is 23.0. The molecule has 160 valence electrons. The second kappa shape index (κ2) is 12.3. The van der Waals surface area contributed by atoms with Gasteiger partial charge in [-0.25, -0.2) is 0 Å². The normalized spacial score (nSPS) is 18.2. The minimum atomic E-state index is 0.588. The summed E-state index contributed by atoms with van der Waals surface area (Å²) in [6, 6.07) is 0.597. The van der Waals surface area contributed by atoms with E-state index >= 15 is 0 Å². The number of aryl methyl sites for hydroxylation is 1. The number of likely N-dealkylation sites (tertiary alicyclic amines) is 1. The van der Waals surface area contributed by atoms with Crippen LogP contribution in [-0.2, 0) is 13.0 Å². The van der Waals surface area contributed by atoms with Crippen LogP contribution in [0.25, 0.3) is 0 Å². The summed E-state index contributed by atoms with van der Waals surface area (Å²) in [5.41, 5.74) is 0. The van der Waals surface area contributed by atoms with Gasteiger partial charge in [0.25, 0.3) is 0 Å². The average Bonchev–Trinajstić information content (AvgIpc) is 3.29. The zero-order valence-corrected chi connectivity index (χ0v) is 19.2. The molecule has 1 saturated heterocycles. The summed E-state index contributed by atoms with van der Waals surface area (Å²) < 4.78 is 2.27. The fraction of sp³-hybridized carbons (Fsp3) is 0.850. The van der Waals surface area contributed by atoms with Gasteiger partial charge in [0, 0.05) is 32.1 Å². The van der Waals surface area contributed by atoms with Crippen LogP contribution >= 0.6 is 11.8 Å². The highest BCUT2D eigenvalue weighted by Gasteiger charge is 2.22. The van der Waals surface area contributed by atoms with Gasteiger partial charge < -0.3 is 15.2 Å². The molecule has 1 aliphatic rings. The lowest BCUT2D eigenvalue weighted by Gasteiger charge is -2.21. The molecule has 28 heavy (non-hydrogen) atoms. The topological polar surface area (TPSA) is 70.4 Å². The molecule has 1 unspecified atom stereocenters. The average molecular weight is 410 g/mol. The number of guanidine groups is 1. The second-order valence-corrected chi connectivity index (χ2v) is 8.56. The number of thioether (sulfide) groups is 1. The quantitative estimate of drug-likeness (QED) is 0.253. The smallest absolute Gasteiger partial charge is 0.191 e. The van der Waals surface area contributed by atoms with Gasteiger partial charge in [-0.15, -0.1) is 10.2 Å². The molecule has 0 bridgehead atoms. The number of hydrogen-bond donors (Lipinski definition) is 2. The maximum absolute atomic E-state index is 4.83. The van der Waals surface area contributed by atoms with Crippen molar-refractivity contribution in [2.24, 2.45) is 10.9 Å². The maximum Gasteiger partial charge on any atom is 0.191 e. The molecule has 7 nitrogen and oxygen atoms in total. The Morgan fingerprint density at radius 3 is 2.79 bits per heavy atom. The molecule has 0 radical (unpaired) electrons. The van der Waals surface area contributed by atoms with Gasteiger partial charge in [0.2, 0.25) is 0 Å². The molecule has 2 N–H and O–H groups in total. The van der Waals surface area contributed by atoms with Crippen molar-refractivity contribution in [3.8, 4) is 0 Å². The van der Waals surface area contributed by atoms with Gasteiger partial charge in [0.05, 0.1) is 6.54 Å². The Labute approximate surface area is 175 Å². The minimum absolute atomic E-state index is 0.588. The molecule has 0 spiro atoms. The Morgan fingerprint density at radius 2 is 2.11 bits per heavy atom. The standard InChI is InChI=1S/C20H39N7S/c1-6-21-19(23-14-17-10-9-13-26(17)7-2)22-12-8-11-18-24-25-20(28-5)27(18)15-16(3)4/h16-17H,6-15H2,1-5H3,(H2,21,22,23). The van der Waals surface area contributed by atoms with E-state index in [4.69, 9.17) is 4.99 Å². The Hall–Kier alpha value is -1.28. The number of hydrogen-bond acceptors (Lipinski definition) is 5. The largest absolute Gasteiger partial charge is 0.357 e. The fourth-order valence-electron chi connectivity index (χ4n) is 3.71. The number of aliphatic imine (C=N–C) groups is 1. The molecule has 1 aliphatic heterocycles. The number of nitrogens with one attached hydrogen (secondary N) is 2. The zero-order valence-electron chi connectivity index (χ0n) is 18.4. The minimum Gasteiger partial charge on any atom is -0.357 e. The van der Waals surface area contributed by atoms with Crippen molar-refractivity contribution < 1.29 is 0 Å². The molecule has 0 aromatic carbocycles. The molecule has 8 heteroatoms. The summed E-state index contributed by atoms with van der Waals surface area (Å²) in [7, 11) is 0. The lowest BCUT2D eigenvalue weighted by atomic mass is 10.2. The van der Waals surface area contributed by atoms with Gasteiger partial charge in [-0.1, -0.05) is 32.5 Å². The van der Waals surface area contributed by atoms with Crippen LogP contribution < -0.4 is 10.6 Å². The molecule has 1 atom stereocenters. The van der Waals surface area contributed by atoms with E-state index in [1.807, 2.05) is 0 Å². The van der Waals surface area contributed by atoms with Crippen molar-refractivity contribution in [1.29, 1.82) is 0 Å². The molecule has 1 aromatic rings. The highest BCUT2D eigenvalue weighted by molar-refractivity contribution is 7.98. The number of aromatic nitrogens is 3. The number of nitrogens with zero attached hydrogens (tertiary/aromatic N) is 5. The highest BCUT2D eigenvalue weighted by atomic mass is 32.2. The summed E-state index contributed by atoms with van der Waals surface area (Å²) >= 11 is 1.67. The van der Waals surface area contributed by atoms with Crippen LogP contribution in [0.15, 0.2) is 10.1 Å². The van der Waals surface area contributed by atoms with Crippen LogP contribution in [0.1, 0.15) is 52.8 Å². The lowest BCUT2D eigenvalue weighted by Crippen LogP contribution is -2.39. The van der Waals surface area contributed by atoms with Crippen molar-refractivity contribution in [3.05, 3.63) is 5.82 Å². The SMILES string of the molecule is CCNC(=NCC1CCCN1CC)NCCCc1nnc(SC)n1CC(C)C. The summed E-state index contributed by atoms with van der Waals surface area (Å²) in [5.74, 6) is 2.61. The summed E-state index contributed by atoms with van der Waals surface area (Å²) in [4.78, 5) is 7.37. The summed E-state index contributed by atoms with van der Waals surface area (Å²) in [6.07, 6.45) is 6.57. The Kier molecular flexibility index (Phi) is 10.1. The van der Waals surface area contributed by atoms with Crippen molar-refractivity contribution in [2.75, 3.05) is 39.0 Å². The molecule has 0 aliphatic carbocycles. The highest BCUT2D eigenvalue weighted by Crippen LogP contribution is 2.17. The van der Waals surface area contributed by atoms with E-state index in [-0.39, 0.29) is 0 Å². The monoisotopic (exact) mass is 409 g/mol. The van der Waals surface area contributed by atoms with Crippen LogP contribution in [0.5, 0.6) is 0 Å². The lowest BCUT2D eigenvalue weighted by molar-refractivity contribution is 0.273.